The van der Waals surface area contributed by atoms with Crippen molar-refractivity contribution in [2.75, 3.05) is 13.1 Å². The molecule has 2 atom stereocenters. The maximum atomic E-state index is 6.36. The summed E-state index contributed by atoms with van der Waals surface area (Å²) in [6.45, 7) is 7.69. The zero-order valence-corrected chi connectivity index (χ0v) is 14.7. The van der Waals surface area contributed by atoms with Gasteiger partial charge in [0, 0.05) is 41.2 Å². The van der Waals surface area contributed by atoms with E-state index in [0.29, 0.717) is 12.1 Å². The first-order chi connectivity index (χ1) is 9.63. The summed E-state index contributed by atoms with van der Waals surface area (Å²) in [5.41, 5.74) is 1.23. The molecule has 1 aliphatic rings. The molecule has 1 aliphatic heterocycles. The molecule has 20 heavy (non-hydrogen) atoms. The van der Waals surface area contributed by atoms with Crippen LogP contribution in [0, 0.1) is 0 Å². The average molecular weight is 360 g/mol. The van der Waals surface area contributed by atoms with Crippen molar-refractivity contribution >= 4 is 27.5 Å². The molecule has 0 amide bonds. The van der Waals surface area contributed by atoms with Crippen LogP contribution in [0.1, 0.15) is 38.7 Å². The number of piperazine rings is 1. The molecule has 112 valence electrons. The topological polar surface area (TPSA) is 15.3 Å². The molecule has 0 saturated carbocycles. The minimum absolute atomic E-state index is 0.614. The van der Waals surface area contributed by atoms with E-state index in [2.05, 4.69) is 52.1 Å². The van der Waals surface area contributed by atoms with Crippen LogP contribution in [0.25, 0.3) is 0 Å². The van der Waals surface area contributed by atoms with Gasteiger partial charge in [0.1, 0.15) is 0 Å². The van der Waals surface area contributed by atoms with Gasteiger partial charge in [0.2, 0.25) is 0 Å². The Balaban J connectivity index is 2.07. The second-order valence-electron chi connectivity index (χ2n) is 5.62. The molecule has 2 nitrogen and oxygen atoms in total. The molecule has 1 saturated heterocycles. The summed E-state index contributed by atoms with van der Waals surface area (Å²) < 4.78 is 1.04. The van der Waals surface area contributed by atoms with E-state index in [-0.39, 0.29) is 0 Å². The molecule has 4 heteroatoms. The SMILES string of the molecule is CCCC1CN(Cc2ccc(Br)cc2Cl)C(CC)CN1. The summed E-state index contributed by atoms with van der Waals surface area (Å²) in [7, 11) is 0. The van der Waals surface area contributed by atoms with Crippen molar-refractivity contribution in [1.29, 1.82) is 0 Å². The van der Waals surface area contributed by atoms with Crippen molar-refractivity contribution in [3.05, 3.63) is 33.3 Å². The first-order valence-corrected chi connectivity index (χ1v) is 8.72. The molecule has 2 unspecified atom stereocenters. The lowest BCUT2D eigenvalue weighted by atomic mass is 10.0. The maximum Gasteiger partial charge on any atom is 0.0462 e. The molecule has 0 spiro atoms. The van der Waals surface area contributed by atoms with Gasteiger partial charge in [-0.05, 0) is 30.5 Å². The molecule has 1 N–H and O–H groups in total. The van der Waals surface area contributed by atoms with E-state index in [9.17, 15) is 0 Å². The summed E-state index contributed by atoms with van der Waals surface area (Å²) in [6.07, 6.45) is 3.67. The quantitative estimate of drug-likeness (QED) is 0.835. The summed E-state index contributed by atoms with van der Waals surface area (Å²) in [5.74, 6) is 0. The molecule has 1 fully saturated rings. The molecule has 0 bridgehead atoms. The highest BCUT2D eigenvalue weighted by Gasteiger charge is 2.26. The number of nitrogens with one attached hydrogen (secondary N) is 1. The van der Waals surface area contributed by atoms with Crippen LogP contribution in [-0.2, 0) is 6.54 Å². The van der Waals surface area contributed by atoms with Gasteiger partial charge in [-0.15, -0.1) is 0 Å². The third kappa shape index (κ3) is 4.20. The Kier molecular flexibility index (Phi) is 6.34. The van der Waals surface area contributed by atoms with Crippen LogP contribution < -0.4 is 5.32 Å². The molecular formula is C16H24BrClN2. The van der Waals surface area contributed by atoms with Gasteiger partial charge in [0.05, 0.1) is 0 Å². The van der Waals surface area contributed by atoms with Gasteiger partial charge >= 0.3 is 0 Å². The van der Waals surface area contributed by atoms with Crippen LogP contribution in [0.15, 0.2) is 22.7 Å². The lowest BCUT2D eigenvalue weighted by Crippen LogP contribution is -2.55. The van der Waals surface area contributed by atoms with Crippen LogP contribution in [0.4, 0.5) is 0 Å². The van der Waals surface area contributed by atoms with Crippen LogP contribution in [0.5, 0.6) is 0 Å². The van der Waals surface area contributed by atoms with E-state index in [4.69, 9.17) is 11.6 Å². The molecule has 0 aliphatic carbocycles. The fourth-order valence-corrected chi connectivity index (χ4v) is 3.67. The maximum absolute atomic E-state index is 6.36. The van der Waals surface area contributed by atoms with E-state index >= 15 is 0 Å². The van der Waals surface area contributed by atoms with E-state index in [1.165, 1.54) is 24.8 Å². The van der Waals surface area contributed by atoms with Gasteiger partial charge in [-0.3, -0.25) is 4.90 Å². The van der Waals surface area contributed by atoms with E-state index < -0.39 is 0 Å². The Morgan fingerprint density at radius 3 is 2.85 bits per heavy atom. The lowest BCUT2D eigenvalue weighted by Gasteiger charge is -2.40. The molecular weight excluding hydrogens is 336 g/mol. The van der Waals surface area contributed by atoms with E-state index in [0.717, 1.165) is 29.1 Å². The van der Waals surface area contributed by atoms with Crippen molar-refractivity contribution in [2.24, 2.45) is 0 Å². The molecule has 1 aromatic carbocycles. The second kappa shape index (κ2) is 7.79. The highest BCUT2D eigenvalue weighted by Crippen LogP contribution is 2.24. The van der Waals surface area contributed by atoms with Crippen LogP contribution in [0.3, 0.4) is 0 Å². The van der Waals surface area contributed by atoms with Crippen LogP contribution in [0.2, 0.25) is 5.02 Å². The highest BCUT2D eigenvalue weighted by atomic mass is 79.9. The van der Waals surface area contributed by atoms with Crippen molar-refractivity contribution in [3.8, 4) is 0 Å². The molecule has 1 heterocycles. The first-order valence-electron chi connectivity index (χ1n) is 7.55. The number of rotatable bonds is 5. The van der Waals surface area contributed by atoms with Gasteiger partial charge in [-0.2, -0.15) is 0 Å². The number of nitrogens with zero attached hydrogens (tertiary/aromatic N) is 1. The summed E-state index contributed by atoms with van der Waals surface area (Å²) in [6, 6.07) is 7.44. The lowest BCUT2D eigenvalue weighted by molar-refractivity contribution is 0.115. The third-order valence-electron chi connectivity index (χ3n) is 4.11. The third-order valence-corrected chi connectivity index (χ3v) is 4.96. The smallest absolute Gasteiger partial charge is 0.0462 e. The highest BCUT2D eigenvalue weighted by molar-refractivity contribution is 9.10. The van der Waals surface area contributed by atoms with E-state index in [1.807, 2.05) is 6.07 Å². The van der Waals surface area contributed by atoms with Crippen LogP contribution >= 0.6 is 27.5 Å². The van der Waals surface area contributed by atoms with Gasteiger partial charge in [-0.25, -0.2) is 0 Å². The minimum atomic E-state index is 0.614. The predicted molar refractivity (Wildman–Crippen MR) is 90.3 cm³/mol. The van der Waals surface area contributed by atoms with Gasteiger partial charge in [0.25, 0.3) is 0 Å². The largest absolute Gasteiger partial charge is 0.311 e. The fourth-order valence-electron chi connectivity index (χ4n) is 2.94. The van der Waals surface area contributed by atoms with Crippen molar-refractivity contribution < 1.29 is 0 Å². The number of benzene rings is 1. The summed E-state index contributed by atoms with van der Waals surface area (Å²) in [4.78, 5) is 2.59. The Morgan fingerprint density at radius 1 is 1.40 bits per heavy atom. The van der Waals surface area contributed by atoms with Gasteiger partial charge in [0.15, 0.2) is 0 Å². The van der Waals surface area contributed by atoms with Crippen LogP contribution in [-0.4, -0.2) is 30.1 Å². The average Bonchev–Trinajstić information content (AvgIpc) is 2.43. The predicted octanol–water partition coefficient (Wildman–Crippen LogP) is 4.46. The van der Waals surface area contributed by atoms with Crippen molar-refractivity contribution in [1.82, 2.24) is 10.2 Å². The molecule has 0 radical (unpaired) electrons. The molecule has 1 aromatic rings. The zero-order chi connectivity index (χ0) is 14.5. The van der Waals surface area contributed by atoms with Crippen molar-refractivity contribution in [2.45, 2.75) is 51.7 Å². The normalized spacial score (nSPS) is 24.0. The van der Waals surface area contributed by atoms with Gasteiger partial charge in [-0.1, -0.05) is 53.9 Å². The summed E-state index contributed by atoms with van der Waals surface area (Å²) >= 11 is 9.83. The second-order valence-corrected chi connectivity index (χ2v) is 6.94. The number of hydrogen-bond acceptors (Lipinski definition) is 2. The number of halogens is 2. The van der Waals surface area contributed by atoms with Gasteiger partial charge < -0.3 is 5.32 Å². The Labute approximate surface area is 136 Å². The molecule has 0 aromatic heterocycles. The number of hydrogen-bond donors (Lipinski definition) is 1. The molecule has 2 rings (SSSR count). The monoisotopic (exact) mass is 358 g/mol. The van der Waals surface area contributed by atoms with E-state index in [1.54, 1.807) is 0 Å². The standard InChI is InChI=1S/C16H24BrClN2/c1-3-5-14-11-20(15(4-2)9-19-14)10-12-6-7-13(17)8-16(12)18/h6-8,14-15,19H,3-5,9-11H2,1-2H3. The zero-order valence-electron chi connectivity index (χ0n) is 12.3. The fraction of sp³-hybridized carbons (Fsp3) is 0.625. The Bertz CT molecular complexity index is 438. The Morgan fingerprint density at radius 2 is 2.20 bits per heavy atom. The minimum Gasteiger partial charge on any atom is -0.311 e. The summed E-state index contributed by atoms with van der Waals surface area (Å²) in [5, 5.41) is 4.54. The van der Waals surface area contributed by atoms with Crippen molar-refractivity contribution in [3.63, 3.8) is 0 Å². The first kappa shape index (κ1) is 16.3. The Hall–Kier alpha value is -0.0900.